The summed E-state index contributed by atoms with van der Waals surface area (Å²) in [4.78, 5) is 4.87. The number of benzene rings is 2. The fourth-order valence-electron chi connectivity index (χ4n) is 7.13. The summed E-state index contributed by atoms with van der Waals surface area (Å²) in [5.41, 5.74) is 5.42. The number of ether oxygens (including phenoxy) is 1. The van der Waals surface area contributed by atoms with E-state index in [2.05, 4.69) is 57.2 Å². The molecule has 0 spiro atoms. The standard InChI is InChI=1S/C28H35NO2/c1-18-6-5-7-19(2)26(18)29-17-28(30)15-13-25-24-10-8-20-16-21(31-4)9-11-22(20)23(24)12-14-27(25,28)3/h5-7,9,11,16-17,23-25,30H,8,10,12-15H2,1-4H3/t23-,24-,25+,27+,28-/m1/s1. The summed E-state index contributed by atoms with van der Waals surface area (Å²) < 4.78 is 5.46. The number of aliphatic imine (C=N–C) groups is 1. The van der Waals surface area contributed by atoms with E-state index in [4.69, 9.17) is 9.73 Å². The van der Waals surface area contributed by atoms with Crippen molar-refractivity contribution in [3.8, 4) is 5.75 Å². The second-order valence-electron chi connectivity index (χ2n) is 10.4. The van der Waals surface area contributed by atoms with Gasteiger partial charge in [0.05, 0.1) is 12.8 Å². The molecule has 0 unspecified atom stereocenters. The number of fused-ring (bicyclic) bond motifs is 5. The molecule has 2 fully saturated rings. The normalized spacial score (nSPS) is 34.3. The first-order valence-electron chi connectivity index (χ1n) is 11.9. The Morgan fingerprint density at radius 3 is 2.58 bits per heavy atom. The largest absolute Gasteiger partial charge is 0.497 e. The first-order chi connectivity index (χ1) is 14.9. The molecule has 2 saturated carbocycles. The van der Waals surface area contributed by atoms with Crippen LogP contribution in [0.15, 0.2) is 41.4 Å². The minimum atomic E-state index is -0.822. The Morgan fingerprint density at radius 1 is 1.06 bits per heavy atom. The molecule has 0 aliphatic heterocycles. The zero-order valence-electron chi connectivity index (χ0n) is 19.3. The summed E-state index contributed by atoms with van der Waals surface area (Å²) in [5, 5.41) is 11.9. The van der Waals surface area contributed by atoms with E-state index >= 15 is 0 Å². The van der Waals surface area contributed by atoms with E-state index in [0.717, 1.165) is 43.5 Å². The van der Waals surface area contributed by atoms with Crippen molar-refractivity contribution in [3.05, 3.63) is 58.7 Å². The van der Waals surface area contributed by atoms with Crippen LogP contribution < -0.4 is 4.74 Å². The maximum Gasteiger partial charge on any atom is 0.119 e. The van der Waals surface area contributed by atoms with Gasteiger partial charge in [0.1, 0.15) is 11.4 Å². The van der Waals surface area contributed by atoms with Crippen molar-refractivity contribution < 1.29 is 9.84 Å². The van der Waals surface area contributed by atoms with Crippen LogP contribution in [0.2, 0.25) is 0 Å². The van der Waals surface area contributed by atoms with Gasteiger partial charge in [0.2, 0.25) is 0 Å². The summed E-state index contributed by atoms with van der Waals surface area (Å²) >= 11 is 0. The van der Waals surface area contributed by atoms with Gasteiger partial charge in [-0.1, -0.05) is 31.2 Å². The molecular formula is C28H35NO2. The smallest absolute Gasteiger partial charge is 0.119 e. The average Bonchev–Trinajstić information content (AvgIpc) is 3.03. The first kappa shape index (κ1) is 20.8. The number of nitrogens with zero attached hydrogens (tertiary/aromatic N) is 1. The van der Waals surface area contributed by atoms with Crippen LogP contribution in [-0.2, 0) is 6.42 Å². The highest BCUT2D eigenvalue weighted by atomic mass is 16.5. The van der Waals surface area contributed by atoms with E-state index in [-0.39, 0.29) is 5.41 Å². The second-order valence-corrected chi connectivity index (χ2v) is 10.4. The van der Waals surface area contributed by atoms with Crippen molar-refractivity contribution in [1.29, 1.82) is 0 Å². The zero-order valence-corrected chi connectivity index (χ0v) is 19.3. The number of rotatable bonds is 3. The van der Waals surface area contributed by atoms with Crippen molar-refractivity contribution in [2.75, 3.05) is 7.11 Å². The number of hydrogen-bond donors (Lipinski definition) is 1. The maximum atomic E-state index is 11.9. The van der Waals surface area contributed by atoms with Gasteiger partial charge in [-0.3, -0.25) is 4.99 Å². The monoisotopic (exact) mass is 417 g/mol. The van der Waals surface area contributed by atoms with Crippen LogP contribution in [0.4, 0.5) is 5.69 Å². The third-order valence-corrected chi connectivity index (χ3v) is 9.00. The van der Waals surface area contributed by atoms with E-state index in [1.165, 1.54) is 28.7 Å². The molecule has 3 aliphatic rings. The Morgan fingerprint density at radius 2 is 1.84 bits per heavy atom. The Labute approximate surface area is 186 Å². The highest BCUT2D eigenvalue weighted by Gasteiger charge is 2.61. The van der Waals surface area contributed by atoms with Gasteiger partial charge in [-0.15, -0.1) is 0 Å². The van der Waals surface area contributed by atoms with E-state index in [0.29, 0.717) is 17.8 Å². The van der Waals surface area contributed by atoms with Crippen LogP contribution in [0.1, 0.15) is 67.2 Å². The molecule has 31 heavy (non-hydrogen) atoms. The van der Waals surface area contributed by atoms with Gasteiger partial charge >= 0.3 is 0 Å². The molecule has 1 N–H and O–H groups in total. The lowest BCUT2D eigenvalue weighted by Crippen LogP contribution is -2.51. The molecule has 5 rings (SSSR count). The fraction of sp³-hybridized carbons (Fsp3) is 0.536. The van der Waals surface area contributed by atoms with Gasteiger partial charge in [-0.05, 0) is 105 Å². The fourth-order valence-corrected chi connectivity index (χ4v) is 7.13. The lowest BCUT2D eigenvalue weighted by molar-refractivity contribution is -0.0552. The molecule has 0 aromatic heterocycles. The minimum Gasteiger partial charge on any atom is -0.497 e. The van der Waals surface area contributed by atoms with Crippen molar-refractivity contribution in [2.24, 2.45) is 22.2 Å². The van der Waals surface area contributed by atoms with Crippen LogP contribution >= 0.6 is 0 Å². The zero-order chi connectivity index (χ0) is 21.8. The Bertz CT molecular complexity index is 1010. The number of methoxy groups -OCH3 is 1. The Kier molecular flexibility index (Phi) is 5.01. The van der Waals surface area contributed by atoms with Crippen LogP contribution in [0, 0.1) is 31.1 Å². The SMILES string of the molecule is COc1ccc2c(c1)CC[C@@H]1[C@@H]2CC[C@@]2(C)[C@H]1CC[C@@]2(O)C=Nc1c(C)cccc1C. The summed E-state index contributed by atoms with van der Waals surface area (Å²) in [6.45, 7) is 6.53. The predicted molar refractivity (Wildman–Crippen MR) is 127 cm³/mol. The summed E-state index contributed by atoms with van der Waals surface area (Å²) in [6.07, 6.45) is 8.37. The molecule has 164 valence electrons. The molecule has 2 aromatic carbocycles. The molecule has 3 aliphatic carbocycles. The van der Waals surface area contributed by atoms with Gasteiger partial charge in [-0.25, -0.2) is 0 Å². The van der Waals surface area contributed by atoms with Crippen molar-refractivity contribution >= 4 is 11.9 Å². The summed E-state index contributed by atoms with van der Waals surface area (Å²) in [5.74, 6) is 2.79. The molecule has 5 atom stereocenters. The number of aryl methyl sites for hydroxylation is 3. The van der Waals surface area contributed by atoms with Crippen LogP contribution in [0.5, 0.6) is 5.75 Å². The van der Waals surface area contributed by atoms with Crippen molar-refractivity contribution in [2.45, 2.75) is 70.8 Å². The van der Waals surface area contributed by atoms with Gasteiger partial charge in [0.25, 0.3) is 0 Å². The van der Waals surface area contributed by atoms with Crippen molar-refractivity contribution in [3.63, 3.8) is 0 Å². The topological polar surface area (TPSA) is 41.8 Å². The highest BCUT2D eigenvalue weighted by molar-refractivity contribution is 5.75. The molecule has 0 saturated heterocycles. The molecule has 3 nitrogen and oxygen atoms in total. The molecule has 0 heterocycles. The van der Waals surface area contributed by atoms with Gasteiger partial charge < -0.3 is 9.84 Å². The third kappa shape index (κ3) is 3.16. The van der Waals surface area contributed by atoms with E-state index < -0.39 is 5.60 Å². The Hall–Kier alpha value is -2.13. The van der Waals surface area contributed by atoms with Crippen molar-refractivity contribution in [1.82, 2.24) is 0 Å². The van der Waals surface area contributed by atoms with Crippen LogP contribution in [-0.4, -0.2) is 24.0 Å². The molecule has 3 heteroatoms. The predicted octanol–water partition coefficient (Wildman–Crippen LogP) is 6.30. The lowest BCUT2D eigenvalue weighted by atomic mass is 9.53. The number of hydrogen-bond acceptors (Lipinski definition) is 3. The van der Waals surface area contributed by atoms with E-state index in [9.17, 15) is 5.11 Å². The molecule has 0 amide bonds. The first-order valence-corrected chi connectivity index (χ1v) is 11.9. The van der Waals surface area contributed by atoms with Gasteiger partial charge in [-0.2, -0.15) is 0 Å². The second kappa shape index (κ2) is 7.48. The third-order valence-electron chi connectivity index (χ3n) is 9.00. The summed E-state index contributed by atoms with van der Waals surface area (Å²) in [6, 6.07) is 12.9. The maximum absolute atomic E-state index is 11.9. The molecule has 0 radical (unpaired) electrons. The average molecular weight is 418 g/mol. The van der Waals surface area contributed by atoms with Crippen LogP contribution in [0.25, 0.3) is 0 Å². The van der Waals surface area contributed by atoms with E-state index in [1.54, 1.807) is 7.11 Å². The molecule has 2 aromatic rings. The van der Waals surface area contributed by atoms with Gasteiger partial charge in [0.15, 0.2) is 0 Å². The highest BCUT2D eigenvalue weighted by Crippen LogP contribution is 2.64. The number of aliphatic hydroxyl groups is 1. The minimum absolute atomic E-state index is 0.0990. The number of para-hydroxylation sites is 1. The van der Waals surface area contributed by atoms with Crippen LogP contribution in [0.3, 0.4) is 0 Å². The quantitative estimate of drug-likeness (QED) is 0.595. The van der Waals surface area contributed by atoms with Gasteiger partial charge in [0, 0.05) is 11.6 Å². The Balaban J connectivity index is 1.44. The molecule has 0 bridgehead atoms. The summed E-state index contributed by atoms with van der Waals surface area (Å²) in [7, 11) is 1.75. The van der Waals surface area contributed by atoms with E-state index in [1.807, 2.05) is 6.21 Å². The molecular weight excluding hydrogens is 382 g/mol. The lowest BCUT2D eigenvalue weighted by Gasteiger charge is -2.52.